The number of fused-ring (bicyclic) bond motifs is 1. The minimum absolute atomic E-state index is 0.00579. The van der Waals surface area contributed by atoms with Gasteiger partial charge < -0.3 is 4.74 Å². The van der Waals surface area contributed by atoms with Crippen LogP contribution in [0.5, 0.6) is 5.75 Å². The first-order valence-corrected chi connectivity index (χ1v) is 4.60. The first-order valence-electron chi connectivity index (χ1n) is 3.84. The molecular weight excluding hydrogens is 211 g/mol. The highest BCUT2D eigenvalue weighted by Crippen LogP contribution is 2.36. The SMILES string of the molecule is O=C1CCOc2c(Cl)ccc(Cl)c21. The van der Waals surface area contributed by atoms with Crippen molar-refractivity contribution in [1.82, 2.24) is 0 Å². The van der Waals surface area contributed by atoms with Crippen LogP contribution in [0.3, 0.4) is 0 Å². The van der Waals surface area contributed by atoms with E-state index in [2.05, 4.69) is 0 Å². The van der Waals surface area contributed by atoms with E-state index in [-0.39, 0.29) is 5.78 Å². The fourth-order valence-electron chi connectivity index (χ4n) is 1.30. The summed E-state index contributed by atoms with van der Waals surface area (Å²) in [5, 5.41) is 0.844. The fraction of sp³-hybridized carbons (Fsp3) is 0.222. The van der Waals surface area contributed by atoms with Gasteiger partial charge in [-0.25, -0.2) is 0 Å². The van der Waals surface area contributed by atoms with Crippen LogP contribution < -0.4 is 4.74 Å². The molecule has 0 aliphatic carbocycles. The molecule has 0 radical (unpaired) electrons. The Labute approximate surface area is 85.4 Å². The molecule has 68 valence electrons. The Morgan fingerprint density at radius 1 is 1.23 bits per heavy atom. The molecule has 0 atom stereocenters. The van der Waals surface area contributed by atoms with Gasteiger partial charge in [-0.3, -0.25) is 4.79 Å². The van der Waals surface area contributed by atoms with E-state index in [4.69, 9.17) is 27.9 Å². The predicted molar refractivity (Wildman–Crippen MR) is 50.9 cm³/mol. The normalized spacial score (nSPS) is 15.1. The summed E-state index contributed by atoms with van der Waals surface area (Å²) in [6.45, 7) is 0.381. The summed E-state index contributed by atoms with van der Waals surface area (Å²) in [6, 6.07) is 3.23. The van der Waals surface area contributed by atoms with Crippen molar-refractivity contribution in [2.24, 2.45) is 0 Å². The summed E-state index contributed by atoms with van der Waals surface area (Å²) in [6.07, 6.45) is 0.368. The molecule has 1 heterocycles. The standard InChI is InChI=1S/C9H6Cl2O2/c10-5-1-2-6(11)9-8(5)7(12)3-4-13-9/h1-2H,3-4H2. The monoisotopic (exact) mass is 216 g/mol. The molecule has 0 saturated carbocycles. The Hall–Kier alpha value is -0.730. The highest BCUT2D eigenvalue weighted by molar-refractivity contribution is 6.37. The Balaban J connectivity index is 2.67. The van der Waals surface area contributed by atoms with Crippen molar-refractivity contribution in [2.45, 2.75) is 6.42 Å². The molecule has 0 fully saturated rings. The molecule has 0 amide bonds. The van der Waals surface area contributed by atoms with Gasteiger partial charge >= 0.3 is 0 Å². The predicted octanol–water partition coefficient (Wildman–Crippen LogP) is 2.96. The number of Topliss-reactive ketones (excluding diaryl/α,β-unsaturated/α-hetero) is 1. The van der Waals surface area contributed by atoms with Crippen molar-refractivity contribution in [3.05, 3.63) is 27.7 Å². The molecule has 0 aromatic heterocycles. The van der Waals surface area contributed by atoms with E-state index in [0.717, 1.165) is 0 Å². The van der Waals surface area contributed by atoms with Gasteiger partial charge in [-0.2, -0.15) is 0 Å². The summed E-state index contributed by atoms with van der Waals surface area (Å²) >= 11 is 11.7. The molecular formula is C9H6Cl2O2. The number of halogens is 2. The van der Waals surface area contributed by atoms with Crippen LogP contribution in [-0.2, 0) is 0 Å². The first-order chi connectivity index (χ1) is 6.20. The molecule has 4 heteroatoms. The minimum atomic E-state index is -0.00579. The van der Waals surface area contributed by atoms with Gasteiger partial charge in [0, 0.05) is 6.42 Å². The van der Waals surface area contributed by atoms with Crippen LogP contribution in [0, 0.1) is 0 Å². The van der Waals surface area contributed by atoms with Crippen molar-refractivity contribution in [3.63, 3.8) is 0 Å². The van der Waals surface area contributed by atoms with Crippen molar-refractivity contribution in [1.29, 1.82) is 0 Å². The van der Waals surface area contributed by atoms with Gasteiger partial charge in [-0.05, 0) is 12.1 Å². The van der Waals surface area contributed by atoms with Crippen molar-refractivity contribution >= 4 is 29.0 Å². The lowest BCUT2D eigenvalue weighted by Gasteiger charge is -2.18. The van der Waals surface area contributed by atoms with Crippen LogP contribution in [0.1, 0.15) is 16.8 Å². The molecule has 0 saturated heterocycles. The van der Waals surface area contributed by atoms with Crippen LogP contribution >= 0.6 is 23.2 Å². The maximum atomic E-state index is 11.4. The summed E-state index contributed by atoms with van der Waals surface area (Å²) in [7, 11) is 0. The molecule has 13 heavy (non-hydrogen) atoms. The zero-order chi connectivity index (χ0) is 9.42. The van der Waals surface area contributed by atoms with Gasteiger partial charge in [0.25, 0.3) is 0 Å². The van der Waals surface area contributed by atoms with Gasteiger partial charge in [-0.15, -0.1) is 0 Å². The third kappa shape index (κ3) is 1.40. The summed E-state index contributed by atoms with van der Waals surface area (Å²) < 4.78 is 5.27. The molecule has 0 unspecified atom stereocenters. The molecule has 2 rings (SSSR count). The quantitative estimate of drug-likeness (QED) is 0.667. The van der Waals surface area contributed by atoms with E-state index in [9.17, 15) is 4.79 Å². The number of hydrogen-bond donors (Lipinski definition) is 0. The Kier molecular flexibility index (Phi) is 2.18. The van der Waals surface area contributed by atoms with Crippen LogP contribution in [0.15, 0.2) is 12.1 Å². The van der Waals surface area contributed by atoms with E-state index in [0.29, 0.717) is 34.4 Å². The lowest BCUT2D eigenvalue weighted by molar-refractivity contribution is 0.0934. The number of rotatable bonds is 0. The van der Waals surface area contributed by atoms with Gasteiger partial charge in [0.15, 0.2) is 5.78 Å². The molecule has 0 bridgehead atoms. The Morgan fingerprint density at radius 2 is 1.92 bits per heavy atom. The maximum Gasteiger partial charge on any atom is 0.171 e. The number of ketones is 1. The van der Waals surface area contributed by atoms with Gasteiger partial charge in [0.1, 0.15) is 5.75 Å². The zero-order valence-corrected chi connectivity index (χ0v) is 8.15. The number of carbonyl (C=O) groups excluding carboxylic acids is 1. The highest BCUT2D eigenvalue weighted by Gasteiger charge is 2.23. The molecule has 1 aliphatic rings. The van der Waals surface area contributed by atoms with Crippen LogP contribution in [0.4, 0.5) is 0 Å². The van der Waals surface area contributed by atoms with E-state index in [1.807, 2.05) is 0 Å². The average Bonchev–Trinajstić information content (AvgIpc) is 2.12. The third-order valence-electron chi connectivity index (χ3n) is 1.91. The van der Waals surface area contributed by atoms with Crippen LogP contribution in [-0.4, -0.2) is 12.4 Å². The number of ether oxygens (including phenoxy) is 1. The molecule has 1 aromatic carbocycles. The average molecular weight is 217 g/mol. The fourth-order valence-corrected chi connectivity index (χ4v) is 1.77. The number of benzene rings is 1. The maximum absolute atomic E-state index is 11.4. The molecule has 1 aliphatic heterocycles. The van der Waals surface area contributed by atoms with Crippen molar-refractivity contribution in [2.75, 3.05) is 6.61 Å². The topological polar surface area (TPSA) is 26.3 Å². The third-order valence-corrected chi connectivity index (χ3v) is 2.53. The molecule has 0 spiro atoms. The van der Waals surface area contributed by atoms with Gasteiger partial charge in [-0.1, -0.05) is 23.2 Å². The molecule has 0 N–H and O–H groups in total. The summed E-state index contributed by atoms with van der Waals surface area (Å²) in [5.41, 5.74) is 0.417. The lowest BCUT2D eigenvalue weighted by Crippen LogP contribution is -2.16. The summed E-state index contributed by atoms with van der Waals surface area (Å²) in [4.78, 5) is 11.4. The van der Waals surface area contributed by atoms with Crippen LogP contribution in [0.25, 0.3) is 0 Å². The van der Waals surface area contributed by atoms with E-state index in [1.165, 1.54) is 0 Å². The lowest BCUT2D eigenvalue weighted by atomic mass is 10.1. The largest absolute Gasteiger partial charge is 0.491 e. The number of hydrogen-bond acceptors (Lipinski definition) is 2. The van der Waals surface area contributed by atoms with E-state index < -0.39 is 0 Å². The van der Waals surface area contributed by atoms with Gasteiger partial charge in [0.05, 0.1) is 22.2 Å². The second kappa shape index (κ2) is 3.20. The summed E-state index contributed by atoms with van der Waals surface area (Å²) in [5.74, 6) is 0.416. The van der Waals surface area contributed by atoms with E-state index >= 15 is 0 Å². The number of carbonyl (C=O) groups is 1. The second-order valence-corrected chi connectivity index (χ2v) is 3.57. The zero-order valence-electron chi connectivity index (χ0n) is 6.64. The van der Waals surface area contributed by atoms with Crippen molar-refractivity contribution < 1.29 is 9.53 Å². The molecule has 1 aromatic rings. The molecule has 2 nitrogen and oxygen atoms in total. The van der Waals surface area contributed by atoms with Crippen LogP contribution in [0.2, 0.25) is 10.0 Å². The minimum Gasteiger partial charge on any atom is -0.491 e. The smallest absolute Gasteiger partial charge is 0.171 e. The van der Waals surface area contributed by atoms with Crippen molar-refractivity contribution in [3.8, 4) is 5.75 Å². The Morgan fingerprint density at radius 3 is 2.62 bits per heavy atom. The first kappa shape index (κ1) is 8.85. The van der Waals surface area contributed by atoms with E-state index in [1.54, 1.807) is 12.1 Å². The van der Waals surface area contributed by atoms with Gasteiger partial charge in [0.2, 0.25) is 0 Å². The highest BCUT2D eigenvalue weighted by atomic mass is 35.5. The Bertz CT molecular complexity index is 374. The second-order valence-electron chi connectivity index (χ2n) is 2.75.